The summed E-state index contributed by atoms with van der Waals surface area (Å²) in [6, 6.07) is 14.2. The van der Waals surface area contributed by atoms with E-state index in [1.54, 1.807) is 30.3 Å². The highest BCUT2D eigenvalue weighted by molar-refractivity contribution is 6.02. The first-order chi connectivity index (χ1) is 14.7. The Kier molecular flexibility index (Phi) is 4.32. The maximum Gasteiger partial charge on any atom is 0.291 e. The number of aromatic nitrogens is 5. The van der Waals surface area contributed by atoms with Gasteiger partial charge in [-0.25, -0.2) is 0 Å². The highest BCUT2D eigenvalue weighted by atomic mass is 16.5. The Morgan fingerprint density at radius 1 is 1.10 bits per heavy atom. The maximum atomic E-state index is 12.2. The fraction of sp³-hybridized carbons (Fsp3) is 0.0952. The summed E-state index contributed by atoms with van der Waals surface area (Å²) < 4.78 is 12.5. The van der Waals surface area contributed by atoms with Crippen molar-refractivity contribution in [3.63, 3.8) is 0 Å². The van der Waals surface area contributed by atoms with Crippen LogP contribution in [0.2, 0.25) is 0 Å². The third-order valence-corrected chi connectivity index (χ3v) is 4.59. The van der Waals surface area contributed by atoms with E-state index in [1.807, 2.05) is 35.7 Å². The molecule has 0 saturated heterocycles. The predicted molar refractivity (Wildman–Crippen MR) is 108 cm³/mol. The van der Waals surface area contributed by atoms with Crippen molar-refractivity contribution in [2.75, 3.05) is 5.32 Å². The Balaban J connectivity index is 1.42. The maximum absolute atomic E-state index is 12.2. The largest absolute Gasteiger partial charge is 0.459 e. The van der Waals surface area contributed by atoms with Gasteiger partial charge in [0.15, 0.2) is 11.4 Å². The quantitative estimate of drug-likeness (QED) is 0.477. The van der Waals surface area contributed by atoms with Crippen LogP contribution in [-0.4, -0.2) is 30.6 Å². The van der Waals surface area contributed by atoms with Crippen LogP contribution in [0.25, 0.3) is 28.5 Å². The molecule has 4 aromatic heterocycles. The van der Waals surface area contributed by atoms with Crippen LogP contribution in [0.3, 0.4) is 0 Å². The minimum atomic E-state index is -0.336. The number of nitrogens with one attached hydrogen (secondary N) is 1. The van der Waals surface area contributed by atoms with Crippen LogP contribution in [0.4, 0.5) is 5.69 Å². The zero-order valence-corrected chi connectivity index (χ0v) is 15.9. The summed E-state index contributed by atoms with van der Waals surface area (Å²) in [5.41, 5.74) is 2.83. The summed E-state index contributed by atoms with van der Waals surface area (Å²) in [6.45, 7) is 2.02. The lowest BCUT2D eigenvalue weighted by Crippen LogP contribution is -2.10. The average Bonchev–Trinajstić information content (AvgIpc) is 3.54. The first kappa shape index (κ1) is 17.8. The molecule has 0 radical (unpaired) electrons. The zero-order chi connectivity index (χ0) is 20.5. The molecular formula is C21H16N6O3. The number of nitrogens with zero attached hydrogens (tertiary/aromatic N) is 5. The van der Waals surface area contributed by atoms with E-state index in [4.69, 9.17) is 8.94 Å². The van der Waals surface area contributed by atoms with Gasteiger partial charge in [-0.1, -0.05) is 18.1 Å². The Hall–Kier alpha value is -4.27. The normalized spacial score (nSPS) is 11.1. The van der Waals surface area contributed by atoms with Gasteiger partial charge >= 0.3 is 0 Å². The highest BCUT2D eigenvalue weighted by Crippen LogP contribution is 2.25. The minimum Gasteiger partial charge on any atom is -0.459 e. The highest BCUT2D eigenvalue weighted by Gasteiger charge is 2.14. The molecule has 30 heavy (non-hydrogen) atoms. The molecule has 0 aliphatic carbocycles. The molecule has 5 aromatic rings. The van der Waals surface area contributed by atoms with Crippen LogP contribution < -0.4 is 5.32 Å². The number of amides is 1. The summed E-state index contributed by atoms with van der Waals surface area (Å²) >= 11 is 0. The molecule has 1 N–H and O–H groups in total. The van der Waals surface area contributed by atoms with Crippen molar-refractivity contribution in [3.8, 4) is 22.8 Å². The van der Waals surface area contributed by atoms with E-state index in [0.717, 1.165) is 23.5 Å². The van der Waals surface area contributed by atoms with Gasteiger partial charge in [0.05, 0.1) is 6.26 Å². The molecule has 0 fully saturated rings. The number of furan rings is 1. The van der Waals surface area contributed by atoms with E-state index in [-0.39, 0.29) is 11.7 Å². The van der Waals surface area contributed by atoms with Gasteiger partial charge in [-0.2, -0.15) is 4.98 Å². The Bertz CT molecular complexity index is 1340. The fourth-order valence-corrected chi connectivity index (χ4v) is 3.10. The Morgan fingerprint density at radius 3 is 2.87 bits per heavy atom. The second-order valence-electron chi connectivity index (χ2n) is 6.55. The van der Waals surface area contributed by atoms with Gasteiger partial charge in [0, 0.05) is 29.4 Å². The Labute approximate surface area is 170 Å². The lowest BCUT2D eigenvalue weighted by molar-refractivity contribution is 0.0996. The van der Waals surface area contributed by atoms with Crippen LogP contribution in [0.5, 0.6) is 0 Å². The topological polar surface area (TPSA) is 111 Å². The molecule has 0 spiro atoms. The van der Waals surface area contributed by atoms with Gasteiger partial charge in [-0.3, -0.25) is 9.20 Å². The number of hydrogen-bond donors (Lipinski definition) is 1. The van der Waals surface area contributed by atoms with Crippen molar-refractivity contribution in [3.05, 3.63) is 72.6 Å². The molecule has 4 heterocycles. The molecule has 0 saturated carbocycles. The molecular weight excluding hydrogens is 384 g/mol. The third kappa shape index (κ3) is 3.22. The number of benzene rings is 1. The molecule has 148 valence electrons. The van der Waals surface area contributed by atoms with Gasteiger partial charge in [-0.05, 0) is 42.5 Å². The standard InChI is InChI=1S/C21H16N6O3/c1-2-17-24-25-18-9-8-14(12-27(17)18)19-23-21(30-26-19)13-5-3-6-15(11-13)22-20(28)16-7-4-10-29-16/h3-12H,2H2,1H3,(H,22,28). The van der Waals surface area contributed by atoms with Crippen molar-refractivity contribution in [2.24, 2.45) is 0 Å². The molecule has 0 unspecified atom stereocenters. The SMILES string of the molecule is CCc1nnc2ccc(-c3noc(-c4cccc(NC(=O)c5ccco5)c4)n3)cn12. The molecule has 9 nitrogen and oxygen atoms in total. The second kappa shape index (κ2) is 7.28. The summed E-state index contributed by atoms with van der Waals surface area (Å²) in [5, 5.41) is 15.2. The first-order valence-electron chi connectivity index (χ1n) is 9.34. The van der Waals surface area contributed by atoms with Gasteiger partial charge in [-0.15, -0.1) is 10.2 Å². The molecule has 1 aromatic carbocycles. The molecule has 9 heteroatoms. The Morgan fingerprint density at radius 2 is 2.03 bits per heavy atom. The van der Waals surface area contributed by atoms with Crippen molar-refractivity contribution in [1.82, 2.24) is 24.7 Å². The number of carbonyl (C=O) groups is 1. The van der Waals surface area contributed by atoms with E-state index in [1.165, 1.54) is 6.26 Å². The molecule has 0 aliphatic heterocycles. The van der Waals surface area contributed by atoms with Crippen LogP contribution in [-0.2, 0) is 6.42 Å². The van der Waals surface area contributed by atoms with Crippen molar-refractivity contribution in [2.45, 2.75) is 13.3 Å². The van der Waals surface area contributed by atoms with Crippen LogP contribution in [0.15, 0.2) is 69.9 Å². The third-order valence-electron chi connectivity index (χ3n) is 4.59. The van der Waals surface area contributed by atoms with Crippen molar-refractivity contribution < 1.29 is 13.7 Å². The monoisotopic (exact) mass is 400 g/mol. The molecule has 1 amide bonds. The smallest absolute Gasteiger partial charge is 0.291 e. The summed E-state index contributed by atoms with van der Waals surface area (Å²) in [7, 11) is 0. The number of rotatable bonds is 5. The summed E-state index contributed by atoms with van der Waals surface area (Å²) in [5.74, 6) is 1.55. The summed E-state index contributed by atoms with van der Waals surface area (Å²) in [4.78, 5) is 16.7. The van der Waals surface area contributed by atoms with Crippen LogP contribution >= 0.6 is 0 Å². The van der Waals surface area contributed by atoms with E-state index >= 15 is 0 Å². The number of carbonyl (C=O) groups excluding carboxylic acids is 1. The number of fused-ring (bicyclic) bond motifs is 1. The van der Waals surface area contributed by atoms with E-state index < -0.39 is 0 Å². The van der Waals surface area contributed by atoms with E-state index in [0.29, 0.717) is 23.0 Å². The lowest BCUT2D eigenvalue weighted by atomic mass is 10.2. The molecule has 0 atom stereocenters. The average molecular weight is 400 g/mol. The molecule has 5 rings (SSSR count). The molecule has 0 bridgehead atoms. The lowest BCUT2D eigenvalue weighted by Gasteiger charge is -2.04. The van der Waals surface area contributed by atoms with Crippen molar-refractivity contribution >= 4 is 17.2 Å². The van der Waals surface area contributed by atoms with Crippen LogP contribution in [0, 0.1) is 0 Å². The number of hydrogen-bond acceptors (Lipinski definition) is 7. The van der Waals surface area contributed by atoms with Gasteiger partial charge in [0.2, 0.25) is 5.82 Å². The van der Waals surface area contributed by atoms with Gasteiger partial charge in [0.1, 0.15) is 5.82 Å². The van der Waals surface area contributed by atoms with E-state index in [2.05, 4.69) is 25.7 Å². The van der Waals surface area contributed by atoms with Crippen LogP contribution in [0.1, 0.15) is 23.3 Å². The number of aryl methyl sites for hydroxylation is 1. The first-order valence-corrected chi connectivity index (χ1v) is 9.34. The number of anilines is 1. The summed E-state index contributed by atoms with van der Waals surface area (Å²) in [6.07, 6.45) is 4.10. The van der Waals surface area contributed by atoms with E-state index in [9.17, 15) is 4.79 Å². The zero-order valence-electron chi connectivity index (χ0n) is 15.9. The minimum absolute atomic E-state index is 0.233. The number of pyridine rings is 1. The fourth-order valence-electron chi connectivity index (χ4n) is 3.10. The predicted octanol–water partition coefficient (Wildman–Crippen LogP) is 3.85. The van der Waals surface area contributed by atoms with Gasteiger partial charge in [0.25, 0.3) is 11.8 Å². The van der Waals surface area contributed by atoms with Crippen molar-refractivity contribution in [1.29, 1.82) is 0 Å². The molecule has 0 aliphatic rings. The van der Waals surface area contributed by atoms with Gasteiger partial charge < -0.3 is 14.3 Å². The second-order valence-corrected chi connectivity index (χ2v) is 6.55.